The van der Waals surface area contributed by atoms with Crippen molar-refractivity contribution >= 4 is 21.6 Å². The molecule has 0 radical (unpaired) electrons. The molecule has 2 fully saturated rings. The van der Waals surface area contributed by atoms with E-state index in [0.717, 1.165) is 36.4 Å². The Morgan fingerprint density at radius 3 is 2.60 bits per heavy atom. The standard InChI is InChI=1S/C15H22BrN3O/c1-2-7-19-15(20)14(16)13(9-18-19)17-8-12(10-3-4-10)11-5-6-11/h9-12,17H,2-8H2,1H3. The molecule has 2 aliphatic carbocycles. The molecular formula is C15H22BrN3O. The molecule has 2 aliphatic rings. The monoisotopic (exact) mass is 339 g/mol. The van der Waals surface area contributed by atoms with E-state index in [2.05, 4.69) is 26.3 Å². The Balaban J connectivity index is 1.67. The molecule has 0 spiro atoms. The van der Waals surface area contributed by atoms with Gasteiger partial charge in [0.25, 0.3) is 5.56 Å². The summed E-state index contributed by atoms with van der Waals surface area (Å²) in [6, 6.07) is 0. The molecule has 4 nitrogen and oxygen atoms in total. The Kier molecular flexibility index (Phi) is 4.15. The van der Waals surface area contributed by atoms with Gasteiger partial charge in [-0.05, 0) is 65.8 Å². The van der Waals surface area contributed by atoms with Crippen molar-refractivity contribution in [2.24, 2.45) is 17.8 Å². The minimum atomic E-state index is -0.0359. The van der Waals surface area contributed by atoms with Crippen molar-refractivity contribution in [3.05, 3.63) is 21.0 Å². The Hall–Kier alpha value is -0.840. The molecule has 3 rings (SSSR count). The third-order valence-electron chi connectivity index (χ3n) is 4.40. The third-order valence-corrected chi connectivity index (χ3v) is 5.17. The molecular weight excluding hydrogens is 318 g/mol. The van der Waals surface area contributed by atoms with E-state index in [1.54, 1.807) is 6.20 Å². The highest BCUT2D eigenvalue weighted by molar-refractivity contribution is 9.10. The molecule has 110 valence electrons. The lowest BCUT2D eigenvalue weighted by Gasteiger charge is -2.17. The lowest BCUT2D eigenvalue weighted by Crippen LogP contribution is -2.26. The maximum Gasteiger partial charge on any atom is 0.283 e. The van der Waals surface area contributed by atoms with E-state index < -0.39 is 0 Å². The Morgan fingerprint density at radius 2 is 2.05 bits per heavy atom. The van der Waals surface area contributed by atoms with Crippen molar-refractivity contribution in [1.29, 1.82) is 0 Å². The average Bonchev–Trinajstić information content (AvgIpc) is 3.30. The van der Waals surface area contributed by atoms with Gasteiger partial charge in [0.1, 0.15) is 4.47 Å². The maximum absolute atomic E-state index is 12.1. The van der Waals surface area contributed by atoms with Gasteiger partial charge < -0.3 is 5.32 Å². The summed E-state index contributed by atoms with van der Waals surface area (Å²) in [7, 11) is 0. The number of anilines is 1. The Labute approximate surface area is 128 Å². The predicted molar refractivity (Wildman–Crippen MR) is 83.9 cm³/mol. The van der Waals surface area contributed by atoms with Crippen molar-refractivity contribution in [2.75, 3.05) is 11.9 Å². The first-order chi connectivity index (χ1) is 9.70. The van der Waals surface area contributed by atoms with Crippen LogP contribution in [0.25, 0.3) is 0 Å². The highest BCUT2D eigenvalue weighted by atomic mass is 79.9. The Bertz CT molecular complexity index is 522. The molecule has 1 aromatic heterocycles. The van der Waals surface area contributed by atoms with Crippen LogP contribution in [-0.4, -0.2) is 16.3 Å². The lowest BCUT2D eigenvalue weighted by atomic mass is 9.98. The van der Waals surface area contributed by atoms with Crippen LogP contribution >= 0.6 is 15.9 Å². The van der Waals surface area contributed by atoms with Crippen LogP contribution in [0.5, 0.6) is 0 Å². The molecule has 1 heterocycles. The zero-order valence-electron chi connectivity index (χ0n) is 11.9. The first kappa shape index (κ1) is 14.1. The second kappa shape index (κ2) is 5.88. The van der Waals surface area contributed by atoms with Crippen molar-refractivity contribution in [1.82, 2.24) is 9.78 Å². The number of hydrogen-bond acceptors (Lipinski definition) is 3. The number of nitrogens with zero attached hydrogens (tertiary/aromatic N) is 2. The van der Waals surface area contributed by atoms with Gasteiger partial charge in [-0.2, -0.15) is 5.10 Å². The maximum atomic E-state index is 12.1. The average molecular weight is 340 g/mol. The van der Waals surface area contributed by atoms with Gasteiger partial charge in [-0.1, -0.05) is 6.92 Å². The summed E-state index contributed by atoms with van der Waals surface area (Å²) in [6.07, 6.45) is 8.25. The van der Waals surface area contributed by atoms with Crippen molar-refractivity contribution in [2.45, 2.75) is 45.6 Å². The molecule has 20 heavy (non-hydrogen) atoms. The van der Waals surface area contributed by atoms with E-state index in [0.29, 0.717) is 11.0 Å². The number of halogens is 1. The molecule has 0 unspecified atom stereocenters. The summed E-state index contributed by atoms with van der Waals surface area (Å²) < 4.78 is 2.14. The van der Waals surface area contributed by atoms with Gasteiger partial charge in [0.2, 0.25) is 0 Å². The van der Waals surface area contributed by atoms with Crippen LogP contribution < -0.4 is 10.9 Å². The van der Waals surface area contributed by atoms with E-state index in [9.17, 15) is 4.79 Å². The van der Waals surface area contributed by atoms with E-state index >= 15 is 0 Å². The highest BCUT2D eigenvalue weighted by Crippen LogP contribution is 2.49. The quantitative estimate of drug-likeness (QED) is 0.829. The van der Waals surface area contributed by atoms with Crippen LogP contribution in [0.15, 0.2) is 15.5 Å². The minimum absolute atomic E-state index is 0.0359. The van der Waals surface area contributed by atoms with Crippen LogP contribution in [0, 0.1) is 17.8 Å². The second-order valence-corrected chi connectivity index (χ2v) is 6.91. The number of nitrogens with one attached hydrogen (secondary N) is 1. The zero-order valence-corrected chi connectivity index (χ0v) is 13.5. The molecule has 0 amide bonds. The fraction of sp³-hybridized carbons (Fsp3) is 0.733. The molecule has 0 aromatic carbocycles. The van der Waals surface area contributed by atoms with E-state index in [1.165, 1.54) is 30.4 Å². The zero-order chi connectivity index (χ0) is 14.1. The van der Waals surface area contributed by atoms with E-state index in [-0.39, 0.29) is 5.56 Å². The topological polar surface area (TPSA) is 46.9 Å². The van der Waals surface area contributed by atoms with Crippen LogP contribution in [0.3, 0.4) is 0 Å². The first-order valence-corrected chi connectivity index (χ1v) is 8.49. The molecule has 5 heteroatoms. The van der Waals surface area contributed by atoms with Gasteiger partial charge in [0.15, 0.2) is 0 Å². The summed E-state index contributed by atoms with van der Waals surface area (Å²) in [5.41, 5.74) is 0.805. The van der Waals surface area contributed by atoms with Gasteiger partial charge in [-0.25, -0.2) is 4.68 Å². The first-order valence-electron chi connectivity index (χ1n) is 7.70. The van der Waals surface area contributed by atoms with Gasteiger partial charge in [0, 0.05) is 13.1 Å². The van der Waals surface area contributed by atoms with Crippen LogP contribution in [0.2, 0.25) is 0 Å². The van der Waals surface area contributed by atoms with Crippen molar-refractivity contribution in [3.63, 3.8) is 0 Å². The molecule has 0 atom stereocenters. The summed E-state index contributed by atoms with van der Waals surface area (Å²) >= 11 is 3.42. The molecule has 0 aliphatic heterocycles. The van der Waals surface area contributed by atoms with Crippen LogP contribution in [-0.2, 0) is 6.54 Å². The molecule has 2 saturated carbocycles. The molecule has 1 N–H and O–H groups in total. The lowest BCUT2D eigenvalue weighted by molar-refractivity contribution is 0.428. The molecule has 1 aromatic rings. The van der Waals surface area contributed by atoms with Gasteiger partial charge in [0.05, 0.1) is 11.9 Å². The largest absolute Gasteiger partial charge is 0.382 e. The summed E-state index contributed by atoms with van der Waals surface area (Å²) in [6.45, 7) is 3.70. The SMILES string of the molecule is CCCn1ncc(NCC(C2CC2)C2CC2)c(Br)c1=O. The second-order valence-electron chi connectivity index (χ2n) is 6.12. The molecule has 0 bridgehead atoms. The summed E-state index contributed by atoms with van der Waals surface area (Å²) in [5.74, 6) is 2.63. The highest BCUT2D eigenvalue weighted by Gasteiger charge is 2.41. The molecule has 0 saturated heterocycles. The number of hydrogen-bond donors (Lipinski definition) is 1. The predicted octanol–water partition coefficient (Wildman–Crippen LogP) is 3.26. The number of aryl methyl sites for hydroxylation is 1. The summed E-state index contributed by atoms with van der Waals surface area (Å²) in [4.78, 5) is 12.1. The van der Waals surface area contributed by atoms with Gasteiger partial charge >= 0.3 is 0 Å². The third kappa shape index (κ3) is 3.08. The van der Waals surface area contributed by atoms with Crippen LogP contribution in [0.4, 0.5) is 5.69 Å². The van der Waals surface area contributed by atoms with E-state index in [1.807, 2.05) is 6.92 Å². The normalized spacial score (nSPS) is 18.6. The van der Waals surface area contributed by atoms with Crippen LogP contribution in [0.1, 0.15) is 39.0 Å². The van der Waals surface area contributed by atoms with Crippen molar-refractivity contribution < 1.29 is 0 Å². The fourth-order valence-electron chi connectivity index (χ4n) is 2.95. The smallest absolute Gasteiger partial charge is 0.283 e. The van der Waals surface area contributed by atoms with Crippen molar-refractivity contribution in [3.8, 4) is 0 Å². The van der Waals surface area contributed by atoms with E-state index in [4.69, 9.17) is 0 Å². The minimum Gasteiger partial charge on any atom is -0.382 e. The number of rotatable bonds is 7. The Morgan fingerprint density at radius 1 is 1.40 bits per heavy atom. The fourth-order valence-corrected chi connectivity index (χ4v) is 3.40. The van der Waals surface area contributed by atoms with Gasteiger partial charge in [-0.15, -0.1) is 0 Å². The van der Waals surface area contributed by atoms with Gasteiger partial charge in [-0.3, -0.25) is 4.79 Å². The number of aromatic nitrogens is 2. The summed E-state index contributed by atoms with van der Waals surface area (Å²) in [5, 5.41) is 7.68.